The largest absolute Gasteiger partial charge is 0.497 e. The number of hydrogen-bond acceptors (Lipinski definition) is 4. The summed E-state index contributed by atoms with van der Waals surface area (Å²) in [6.45, 7) is 0. The summed E-state index contributed by atoms with van der Waals surface area (Å²) in [7, 11) is 3.11. The summed E-state index contributed by atoms with van der Waals surface area (Å²) in [5, 5.41) is 9.08. The second-order valence-electron chi connectivity index (χ2n) is 4.22. The Kier molecular flexibility index (Phi) is 3.79. The molecule has 0 spiro atoms. The maximum Gasteiger partial charge on any atom is 0.335 e. The van der Waals surface area contributed by atoms with Crippen LogP contribution in [0.4, 0.5) is 5.69 Å². The van der Waals surface area contributed by atoms with Gasteiger partial charge < -0.3 is 20.3 Å². The van der Waals surface area contributed by atoms with Crippen LogP contribution in [0.3, 0.4) is 0 Å². The average molecular weight is 273 g/mol. The highest BCUT2D eigenvalue weighted by Crippen LogP contribution is 2.34. The van der Waals surface area contributed by atoms with Crippen LogP contribution in [0.15, 0.2) is 36.4 Å². The first-order chi connectivity index (χ1) is 9.55. The monoisotopic (exact) mass is 273 g/mol. The number of nitrogens with two attached hydrogens (primary N) is 1. The quantitative estimate of drug-likeness (QED) is 0.837. The van der Waals surface area contributed by atoms with E-state index < -0.39 is 5.97 Å². The van der Waals surface area contributed by atoms with E-state index in [4.69, 9.17) is 20.3 Å². The first-order valence-electron chi connectivity index (χ1n) is 5.91. The van der Waals surface area contributed by atoms with Crippen molar-refractivity contribution in [1.82, 2.24) is 0 Å². The van der Waals surface area contributed by atoms with Gasteiger partial charge in [-0.15, -0.1) is 0 Å². The SMILES string of the molecule is COc1ccc(-c2cc(N)cc(C(=O)O)c2)c(OC)c1. The van der Waals surface area contributed by atoms with Crippen LogP contribution in [-0.4, -0.2) is 25.3 Å². The molecule has 0 aromatic heterocycles. The first kappa shape index (κ1) is 13.7. The van der Waals surface area contributed by atoms with Crippen molar-refractivity contribution in [1.29, 1.82) is 0 Å². The molecule has 0 saturated heterocycles. The molecule has 0 amide bonds. The predicted molar refractivity (Wildman–Crippen MR) is 76.4 cm³/mol. The van der Waals surface area contributed by atoms with Crippen molar-refractivity contribution in [2.24, 2.45) is 0 Å². The van der Waals surface area contributed by atoms with Gasteiger partial charge in [-0.1, -0.05) is 0 Å². The molecule has 2 rings (SSSR count). The molecule has 0 radical (unpaired) electrons. The minimum absolute atomic E-state index is 0.137. The van der Waals surface area contributed by atoms with Gasteiger partial charge in [0.25, 0.3) is 0 Å². The number of carboxylic acids is 1. The fourth-order valence-electron chi connectivity index (χ4n) is 1.97. The van der Waals surface area contributed by atoms with Gasteiger partial charge in [0.05, 0.1) is 19.8 Å². The summed E-state index contributed by atoms with van der Waals surface area (Å²) < 4.78 is 10.4. The molecule has 0 atom stereocenters. The Morgan fingerprint density at radius 2 is 1.85 bits per heavy atom. The van der Waals surface area contributed by atoms with Crippen LogP contribution in [0.2, 0.25) is 0 Å². The number of carbonyl (C=O) groups is 1. The molecule has 104 valence electrons. The Balaban J connectivity index is 2.58. The van der Waals surface area contributed by atoms with Gasteiger partial charge in [-0.25, -0.2) is 4.79 Å². The second kappa shape index (κ2) is 5.52. The Morgan fingerprint density at radius 3 is 2.45 bits per heavy atom. The molecule has 20 heavy (non-hydrogen) atoms. The molecule has 0 fully saturated rings. The number of hydrogen-bond donors (Lipinski definition) is 2. The molecule has 2 aromatic carbocycles. The lowest BCUT2D eigenvalue weighted by atomic mass is 10.0. The van der Waals surface area contributed by atoms with E-state index in [1.54, 1.807) is 44.6 Å². The van der Waals surface area contributed by atoms with E-state index in [0.29, 0.717) is 22.7 Å². The smallest absolute Gasteiger partial charge is 0.335 e. The number of nitrogen functional groups attached to an aromatic ring is 1. The summed E-state index contributed by atoms with van der Waals surface area (Å²) in [6.07, 6.45) is 0. The van der Waals surface area contributed by atoms with Gasteiger partial charge in [0.2, 0.25) is 0 Å². The zero-order valence-electron chi connectivity index (χ0n) is 11.2. The van der Waals surface area contributed by atoms with Crippen LogP contribution < -0.4 is 15.2 Å². The van der Waals surface area contributed by atoms with E-state index in [0.717, 1.165) is 5.56 Å². The predicted octanol–water partition coefficient (Wildman–Crippen LogP) is 2.65. The lowest BCUT2D eigenvalue weighted by molar-refractivity contribution is 0.0697. The standard InChI is InChI=1S/C15H15NO4/c1-19-12-3-4-13(14(8-12)20-2)9-5-10(15(17)18)7-11(16)6-9/h3-8H,16H2,1-2H3,(H,17,18). The molecule has 5 heteroatoms. The molecule has 3 N–H and O–H groups in total. The first-order valence-corrected chi connectivity index (χ1v) is 5.91. The lowest BCUT2D eigenvalue weighted by Gasteiger charge is -2.11. The molecule has 0 aliphatic heterocycles. The molecule has 0 saturated carbocycles. The van der Waals surface area contributed by atoms with Crippen molar-refractivity contribution in [3.63, 3.8) is 0 Å². The third-order valence-corrected chi connectivity index (χ3v) is 2.92. The molecule has 2 aromatic rings. The Hall–Kier alpha value is -2.69. The highest BCUT2D eigenvalue weighted by molar-refractivity contribution is 5.91. The molecule has 0 heterocycles. The average Bonchev–Trinajstić information content (AvgIpc) is 2.45. The van der Waals surface area contributed by atoms with Gasteiger partial charge in [0, 0.05) is 17.3 Å². The maximum absolute atomic E-state index is 11.1. The summed E-state index contributed by atoms with van der Waals surface area (Å²) in [4.78, 5) is 11.1. The number of ether oxygens (including phenoxy) is 2. The van der Waals surface area contributed by atoms with Crippen molar-refractivity contribution in [3.05, 3.63) is 42.0 Å². The van der Waals surface area contributed by atoms with Gasteiger partial charge in [-0.2, -0.15) is 0 Å². The molecule has 0 aliphatic carbocycles. The number of anilines is 1. The van der Waals surface area contributed by atoms with E-state index in [1.165, 1.54) is 6.07 Å². The number of benzene rings is 2. The van der Waals surface area contributed by atoms with E-state index >= 15 is 0 Å². The number of aromatic carboxylic acids is 1. The number of rotatable bonds is 4. The summed E-state index contributed by atoms with van der Waals surface area (Å²) >= 11 is 0. The van der Waals surface area contributed by atoms with Gasteiger partial charge in [-0.3, -0.25) is 0 Å². The van der Waals surface area contributed by atoms with Crippen LogP contribution in [0.1, 0.15) is 10.4 Å². The molecule has 0 bridgehead atoms. The van der Waals surface area contributed by atoms with Crippen LogP contribution in [-0.2, 0) is 0 Å². The molecular formula is C15H15NO4. The van der Waals surface area contributed by atoms with E-state index in [9.17, 15) is 4.79 Å². The Labute approximate surface area is 116 Å². The summed E-state index contributed by atoms with van der Waals surface area (Å²) in [5.74, 6) is 0.227. The lowest BCUT2D eigenvalue weighted by Crippen LogP contribution is -1.99. The normalized spacial score (nSPS) is 10.1. The Morgan fingerprint density at radius 1 is 1.10 bits per heavy atom. The highest BCUT2D eigenvalue weighted by atomic mass is 16.5. The van der Waals surface area contributed by atoms with Crippen molar-refractivity contribution >= 4 is 11.7 Å². The number of carboxylic acid groups (broad SMARTS) is 1. The fourth-order valence-corrected chi connectivity index (χ4v) is 1.97. The van der Waals surface area contributed by atoms with Crippen molar-refractivity contribution in [2.45, 2.75) is 0 Å². The van der Waals surface area contributed by atoms with Crippen LogP contribution in [0.5, 0.6) is 11.5 Å². The van der Waals surface area contributed by atoms with Crippen molar-refractivity contribution in [3.8, 4) is 22.6 Å². The zero-order chi connectivity index (χ0) is 14.7. The Bertz CT molecular complexity index is 652. The molecule has 5 nitrogen and oxygen atoms in total. The topological polar surface area (TPSA) is 81.8 Å². The van der Waals surface area contributed by atoms with E-state index in [2.05, 4.69) is 0 Å². The maximum atomic E-state index is 11.1. The third kappa shape index (κ3) is 2.66. The van der Waals surface area contributed by atoms with Crippen LogP contribution in [0, 0.1) is 0 Å². The molecule has 0 aliphatic rings. The van der Waals surface area contributed by atoms with Crippen LogP contribution >= 0.6 is 0 Å². The fraction of sp³-hybridized carbons (Fsp3) is 0.133. The third-order valence-electron chi connectivity index (χ3n) is 2.92. The van der Waals surface area contributed by atoms with Gasteiger partial charge in [0.1, 0.15) is 11.5 Å². The molecule has 0 unspecified atom stereocenters. The zero-order valence-corrected chi connectivity index (χ0v) is 11.2. The minimum Gasteiger partial charge on any atom is -0.497 e. The number of methoxy groups -OCH3 is 2. The van der Waals surface area contributed by atoms with Gasteiger partial charge in [0.15, 0.2) is 0 Å². The van der Waals surface area contributed by atoms with Crippen molar-refractivity contribution in [2.75, 3.05) is 20.0 Å². The van der Waals surface area contributed by atoms with E-state index in [-0.39, 0.29) is 5.56 Å². The van der Waals surface area contributed by atoms with E-state index in [1.807, 2.05) is 0 Å². The summed E-state index contributed by atoms with van der Waals surface area (Å²) in [5.41, 5.74) is 7.71. The van der Waals surface area contributed by atoms with Crippen LogP contribution in [0.25, 0.3) is 11.1 Å². The van der Waals surface area contributed by atoms with Gasteiger partial charge >= 0.3 is 5.97 Å². The van der Waals surface area contributed by atoms with Gasteiger partial charge in [-0.05, 0) is 35.9 Å². The highest BCUT2D eigenvalue weighted by Gasteiger charge is 2.11. The summed E-state index contributed by atoms with van der Waals surface area (Å²) in [6, 6.07) is 10.0. The minimum atomic E-state index is -1.02. The van der Waals surface area contributed by atoms with Crippen molar-refractivity contribution < 1.29 is 19.4 Å². The second-order valence-corrected chi connectivity index (χ2v) is 4.22. The molecular weight excluding hydrogens is 258 g/mol.